The van der Waals surface area contributed by atoms with Gasteiger partial charge in [-0.15, -0.1) is 11.8 Å². The van der Waals surface area contributed by atoms with Crippen molar-refractivity contribution < 1.29 is 23.8 Å². The molecule has 2 aliphatic heterocycles. The van der Waals surface area contributed by atoms with E-state index in [0.717, 1.165) is 22.8 Å². The molecule has 1 amide bonds. The van der Waals surface area contributed by atoms with Crippen LogP contribution in [0.1, 0.15) is 30.7 Å². The van der Waals surface area contributed by atoms with Gasteiger partial charge in [-0.05, 0) is 24.6 Å². The first-order valence-electron chi connectivity index (χ1n) is 8.15. The van der Waals surface area contributed by atoms with Crippen LogP contribution in [-0.2, 0) is 14.3 Å². The Bertz CT molecular complexity index is 621. The Hall–Kier alpha value is -1.89. The average Bonchev–Trinajstić information content (AvgIpc) is 3.09. The van der Waals surface area contributed by atoms with Crippen molar-refractivity contribution in [3.05, 3.63) is 23.8 Å². The fourth-order valence-corrected chi connectivity index (χ4v) is 4.07. The molecule has 130 valence electrons. The zero-order valence-electron chi connectivity index (χ0n) is 13.7. The van der Waals surface area contributed by atoms with E-state index in [1.807, 2.05) is 23.1 Å². The molecule has 2 aliphatic rings. The Morgan fingerprint density at radius 2 is 2.04 bits per heavy atom. The summed E-state index contributed by atoms with van der Waals surface area (Å²) >= 11 is 1.72. The lowest BCUT2D eigenvalue weighted by molar-refractivity contribution is -0.145. The van der Waals surface area contributed by atoms with Crippen LogP contribution < -0.4 is 9.47 Å². The molecule has 1 atom stereocenters. The highest BCUT2D eigenvalue weighted by Gasteiger charge is 2.31. The molecule has 7 heteroatoms. The summed E-state index contributed by atoms with van der Waals surface area (Å²) in [6, 6.07) is 5.81. The monoisotopic (exact) mass is 351 g/mol. The van der Waals surface area contributed by atoms with E-state index in [0.29, 0.717) is 26.4 Å². The van der Waals surface area contributed by atoms with Crippen molar-refractivity contribution >= 4 is 23.6 Å². The van der Waals surface area contributed by atoms with Gasteiger partial charge in [0.15, 0.2) is 11.5 Å². The van der Waals surface area contributed by atoms with E-state index >= 15 is 0 Å². The fraction of sp³-hybridized carbons (Fsp3) is 0.529. The SMILES string of the molecule is CCOC(=O)CCC(=O)N1CCSC1c1ccc2c(c1)OCCO2. The lowest BCUT2D eigenvalue weighted by Crippen LogP contribution is -2.30. The van der Waals surface area contributed by atoms with E-state index in [4.69, 9.17) is 14.2 Å². The Balaban J connectivity index is 1.66. The number of hydrogen-bond donors (Lipinski definition) is 0. The Labute approximate surface area is 145 Å². The summed E-state index contributed by atoms with van der Waals surface area (Å²) in [4.78, 5) is 25.7. The summed E-state index contributed by atoms with van der Waals surface area (Å²) in [6.07, 6.45) is 0.308. The third-order valence-corrected chi connectivity index (χ3v) is 5.17. The van der Waals surface area contributed by atoms with Crippen LogP contribution in [0.25, 0.3) is 0 Å². The van der Waals surface area contributed by atoms with Crippen molar-refractivity contribution in [2.75, 3.05) is 32.1 Å². The second kappa shape index (κ2) is 7.79. The largest absolute Gasteiger partial charge is 0.486 e. The predicted molar refractivity (Wildman–Crippen MR) is 90.2 cm³/mol. The molecular weight excluding hydrogens is 330 g/mol. The van der Waals surface area contributed by atoms with E-state index in [1.54, 1.807) is 18.7 Å². The summed E-state index contributed by atoms with van der Waals surface area (Å²) in [5, 5.41) is -0.0458. The molecule has 0 aromatic heterocycles. The van der Waals surface area contributed by atoms with E-state index < -0.39 is 0 Å². The van der Waals surface area contributed by atoms with Crippen molar-refractivity contribution in [2.45, 2.75) is 25.1 Å². The third kappa shape index (κ3) is 3.77. The summed E-state index contributed by atoms with van der Waals surface area (Å²) in [5.74, 6) is 2.00. The summed E-state index contributed by atoms with van der Waals surface area (Å²) in [6.45, 7) is 3.88. The number of benzene rings is 1. The number of ether oxygens (including phenoxy) is 3. The Morgan fingerprint density at radius 1 is 1.25 bits per heavy atom. The van der Waals surface area contributed by atoms with Crippen LogP contribution in [0.3, 0.4) is 0 Å². The lowest BCUT2D eigenvalue weighted by atomic mass is 10.1. The maximum atomic E-state index is 12.5. The second-order valence-corrected chi connectivity index (χ2v) is 6.71. The quantitative estimate of drug-likeness (QED) is 0.759. The first-order valence-corrected chi connectivity index (χ1v) is 9.20. The number of carbonyl (C=O) groups excluding carboxylic acids is 2. The summed E-state index contributed by atoms with van der Waals surface area (Å²) < 4.78 is 16.0. The lowest BCUT2D eigenvalue weighted by Gasteiger charge is -2.26. The minimum Gasteiger partial charge on any atom is -0.486 e. The van der Waals surface area contributed by atoms with Crippen molar-refractivity contribution in [3.63, 3.8) is 0 Å². The van der Waals surface area contributed by atoms with Crippen molar-refractivity contribution in [1.29, 1.82) is 0 Å². The van der Waals surface area contributed by atoms with Crippen LogP contribution in [0.4, 0.5) is 0 Å². The maximum absolute atomic E-state index is 12.5. The second-order valence-electron chi connectivity index (χ2n) is 5.52. The number of nitrogens with zero attached hydrogens (tertiary/aromatic N) is 1. The van der Waals surface area contributed by atoms with E-state index in [2.05, 4.69) is 0 Å². The molecule has 1 unspecified atom stereocenters. The normalized spacial score (nSPS) is 19.2. The van der Waals surface area contributed by atoms with Gasteiger partial charge in [0.1, 0.15) is 18.6 Å². The Morgan fingerprint density at radius 3 is 2.83 bits per heavy atom. The molecule has 0 N–H and O–H groups in total. The molecule has 0 saturated carbocycles. The highest BCUT2D eigenvalue weighted by Crippen LogP contribution is 2.41. The average molecular weight is 351 g/mol. The molecule has 0 bridgehead atoms. The standard InChI is InChI=1S/C17H21NO5S/c1-2-21-16(20)6-5-15(19)18-7-10-24-17(18)12-3-4-13-14(11-12)23-9-8-22-13/h3-4,11,17H,2,5-10H2,1H3. The number of amides is 1. The van der Waals surface area contributed by atoms with Gasteiger partial charge in [0.25, 0.3) is 0 Å². The molecule has 6 nitrogen and oxygen atoms in total. The molecule has 0 spiro atoms. The molecule has 1 aromatic carbocycles. The van der Waals surface area contributed by atoms with Gasteiger partial charge in [0.2, 0.25) is 5.91 Å². The number of thioether (sulfide) groups is 1. The smallest absolute Gasteiger partial charge is 0.306 e. The van der Waals surface area contributed by atoms with E-state index in [9.17, 15) is 9.59 Å². The maximum Gasteiger partial charge on any atom is 0.306 e. The van der Waals surface area contributed by atoms with Crippen molar-refractivity contribution in [1.82, 2.24) is 4.90 Å². The zero-order chi connectivity index (χ0) is 16.9. The van der Waals surface area contributed by atoms with Crippen LogP contribution in [0, 0.1) is 0 Å². The van der Waals surface area contributed by atoms with Crippen LogP contribution in [0.5, 0.6) is 11.5 Å². The zero-order valence-corrected chi connectivity index (χ0v) is 14.5. The molecule has 3 rings (SSSR count). The van der Waals surface area contributed by atoms with Gasteiger partial charge in [0, 0.05) is 18.7 Å². The summed E-state index contributed by atoms with van der Waals surface area (Å²) in [5.41, 5.74) is 1.02. The van der Waals surface area contributed by atoms with Crippen molar-refractivity contribution in [2.24, 2.45) is 0 Å². The van der Waals surface area contributed by atoms with Crippen LogP contribution in [-0.4, -0.2) is 48.9 Å². The van der Waals surface area contributed by atoms with Crippen LogP contribution in [0.2, 0.25) is 0 Å². The minimum absolute atomic E-state index is 0.0204. The molecular formula is C17H21NO5S. The fourth-order valence-electron chi connectivity index (χ4n) is 2.80. The van der Waals surface area contributed by atoms with Gasteiger partial charge < -0.3 is 19.1 Å². The van der Waals surface area contributed by atoms with Gasteiger partial charge in [-0.25, -0.2) is 0 Å². The van der Waals surface area contributed by atoms with Gasteiger partial charge in [-0.2, -0.15) is 0 Å². The first-order chi connectivity index (χ1) is 11.7. The van der Waals surface area contributed by atoms with Crippen LogP contribution >= 0.6 is 11.8 Å². The molecule has 24 heavy (non-hydrogen) atoms. The highest BCUT2D eigenvalue weighted by atomic mass is 32.2. The van der Waals surface area contributed by atoms with Crippen LogP contribution in [0.15, 0.2) is 18.2 Å². The van der Waals surface area contributed by atoms with E-state index in [-0.39, 0.29) is 30.1 Å². The van der Waals surface area contributed by atoms with Gasteiger partial charge in [-0.1, -0.05) is 6.07 Å². The molecule has 2 heterocycles. The Kier molecular flexibility index (Phi) is 5.50. The molecule has 0 aliphatic carbocycles. The number of carbonyl (C=O) groups is 2. The topological polar surface area (TPSA) is 65.1 Å². The molecule has 0 radical (unpaired) electrons. The number of fused-ring (bicyclic) bond motifs is 1. The number of esters is 1. The molecule has 1 saturated heterocycles. The predicted octanol–water partition coefficient (Wildman–Crippen LogP) is 2.38. The van der Waals surface area contributed by atoms with Gasteiger partial charge >= 0.3 is 5.97 Å². The first kappa shape index (κ1) is 17.0. The van der Waals surface area contributed by atoms with E-state index in [1.165, 1.54) is 0 Å². The minimum atomic E-state index is -0.325. The number of rotatable bonds is 5. The summed E-state index contributed by atoms with van der Waals surface area (Å²) in [7, 11) is 0. The number of hydrogen-bond acceptors (Lipinski definition) is 6. The van der Waals surface area contributed by atoms with Gasteiger partial charge in [-0.3, -0.25) is 9.59 Å². The van der Waals surface area contributed by atoms with Crippen molar-refractivity contribution in [3.8, 4) is 11.5 Å². The van der Waals surface area contributed by atoms with Gasteiger partial charge in [0.05, 0.1) is 13.0 Å². The molecule has 1 aromatic rings. The third-order valence-electron chi connectivity index (χ3n) is 3.91. The molecule has 1 fully saturated rings. The highest BCUT2D eigenvalue weighted by molar-refractivity contribution is 7.99.